The van der Waals surface area contributed by atoms with Crippen molar-refractivity contribution in [3.63, 3.8) is 0 Å². The van der Waals surface area contributed by atoms with Crippen LogP contribution in [0, 0.1) is 0 Å². The highest BCUT2D eigenvalue weighted by Gasteiger charge is 2.20. The van der Waals surface area contributed by atoms with Crippen LogP contribution in [0.2, 0.25) is 0 Å². The molecular formula is C25H20N6O3S. The number of aromatic nitrogens is 2. The summed E-state index contributed by atoms with van der Waals surface area (Å²) in [6, 6.07) is 24.8. The fourth-order valence-corrected chi connectivity index (χ4v) is 3.53. The summed E-state index contributed by atoms with van der Waals surface area (Å²) in [5.74, 6) is -1.53. The Morgan fingerprint density at radius 1 is 0.857 bits per heavy atom. The highest BCUT2D eigenvalue weighted by Crippen LogP contribution is 2.20. The summed E-state index contributed by atoms with van der Waals surface area (Å²) in [6.45, 7) is 0. The molecule has 35 heavy (non-hydrogen) atoms. The van der Waals surface area contributed by atoms with Gasteiger partial charge in [-0.3, -0.25) is 19.7 Å². The second-order valence-electron chi connectivity index (χ2n) is 7.20. The predicted octanol–water partition coefficient (Wildman–Crippen LogP) is 4.28. The molecule has 0 aliphatic carbocycles. The van der Waals surface area contributed by atoms with E-state index in [0.717, 1.165) is 17.0 Å². The van der Waals surface area contributed by atoms with Gasteiger partial charge >= 0.3 is 0 Å². The Balaban J connectivity index is 1.54. The molecule has 9 nitrogen and oxygen atoms in total. The van der Waals surface area contributed by atoms with Crippen LogP contribution >= 0.6 is 11.3 Å². The van der Waals surface area contributed by atoms with Crippen molar-refractivity contribution in [2.24, 2.45) is 5.10 Å². The summed E-state index contributed by atoms with van der Waals surface area (Å²) in [5, 5.41) is 17.4. The van der Waals surface area contributed by atoms with Gasteiger partial charge in [0.2, 0.25) is 5.13 Å². The lowest BCUT2D eigenvalue weighted by Crippen LogP contribution is -2.29. The average Bonchev–Trinajstić information content (AvgIpc) is 3.40. The van der Waals surface area contributed by atoms with Crippen molar-refractivity contribution in [1.82, 2.24) is 15.6 Å². The van der Waals surface area contributed by atoms with Gasteiger partial charge in [-0.2, -0.15) is 5.10 Å². The lowest BCUT2D eigenvalue weighted by atomic mass is 10.1. The predicted molar refractivity (Wildman–Crippen MR) is 135 cm³/mol. The fraction of sp³-hybridized carbons (Fsp3) is 0.0400. The molecule has 1 heterocycles. The molecule has 2 amide bonds. The summed E-state index contributed by atoms with van der Waals surface area (Å²) in [4.78, 5) is 38.5. The Labute approximate surface area is 204 Å². The third-order valence-electron chi connectivity index (χ3n) is 4.78. The molecule has 0 radical (unpaired) electrons. The van der Waals surface area contributed by atoms with Crippen molar-refractivity contribution < 1.29 is 14.4 Å². The number of hydrogen-bond donors (Lipinski definition) is 3. The van der Waals surface area contributed by atoms with Crippen molar-refractivity contribution >= 4 is 51.2 Å². The minimum Gasteiger partial charge on any atom is -0.355 e. The summed E-state index contributed by atoms with van der Waals surface area (Å²) < 4.78 is 0. The van der Waals surface area contributed by atoms with Gasteiger partial charge in [-0.1, -0.05) is 72.0 Å². The maximum atomic E-state index is 13.0. The zero-order valence-electron chi connectivity index (χ0n) is 18.3. The van der Waals surface area contributed by atoms with Crippen LogP contribution in [0.4, 0.5) is 16.5 Å². The maximum Gasteiger partial charge on any atom is 0.274 e. The number of Topliss-reactive ketones (excluding diaryl/α,β-unsaturated/α-hetero) is 1. The molecule has 3 N–H and O–H groups in total. The van der Waals surface area contributed by atoms with E-state index >= 15 is 0 Å². The molecule has 0 saturated heterocycles. The first-order valence-corrected chi connectivity index (χ1v) is 11.4. The van der Waals surface area contributed by atoms with Crippen molar-refractivity contribution in [3.05, 3.63) is 102 Å². The van der Waals surface area contributed by atoms with Crippen LogP contribution in [0.15, 0.2) is 95.5 Å². The highest BCUT2D eigenvalue weighted by molar-refractivity contribution is 7.13. The van der Waals surface area contributed by atoms with E-state index in [1.165, 1.54) is 5.51 Å². The second kappa shape index (κ2) is 11.4. The molecule has 174 valence electrons. The van der Waals surface area contributed by atoms with E-state index in [1.807, 2.05) is 30.3 Å². The van der Waals surface area contributed by atoms with Gasteiger partial charge in [0.15, 0.2) is 5.78 Å². The fourth-order valence-electron chi connectivity index (χ4n) is 3.09. The normalized spacial score (nSPS) is 10.9. The number of nitrogens with zero attached hydrogens (tertiary/aromatic N) is 3. The van der Waals surface area contributed by atoms with E-state index in [9.17, 15) is 14.4 Å². The summed E-state index contributed by atoms with van der Waals surface area (Å²) in [7, 11) is 0. The summed E-state index contributed by atoms with van der Waals surface area (Å²) >= 11 is 1.12. The molecule has 0 aliphatic rings. The minimum absolute atomic E-state index is 0.170. The van der Waals surface area contributed by atoms with Crippen molar-refractivity contribution in [3.8, 4) is 0 Å². The van der Waals surface area contributed by atoms with Crippen LogP contribution in [0.25, 0.3) is 0 Å². The number of carbonyl (C=O) groups excluding carboxylic acids is 3. The number of nitrogens with one attached hydrogen (secondary N) is 3. The molecule has 0 aliphatic heterocycles. The molecule has 3 aromatic carbocycles. The van der Waals surface area contributed by atoms with Gasteiger partial charge in [0.25, 0.3) is 11.8 Å². The second-order valence-corrected chi connectivity index (χ2v) is 8.03. The lowest BCUT2D eigenvalue weighted by Gasteiger charge is -2.11. The first-order chi connectivity index (χ1) is 17.1. The monoisotopic (exact) mass is 484 g/mol. The first-order valence-electron chi connectivity index (χ1n) is 10.5. The summed E-state index contributed by atoms with van der Waals surface area (Å²) in [6.07, 6.45) is -0.321. The topological polar surface area (TPSA) is 125 Å². The number of ketones is 1. The van der Waals surface area contributed by atoms with Crippen LogP contribution in [-0.4, -0.2) is 33.5 Å². The van der Waals surface area contributed by atoms with Gasteiger partial charge in [-0.15, -0.1) is 10.2 Å². The van der Waals surface area contributed by atoms with Crippen molar-refractivity contribution in [2.75, 3.05) is 10.6 Å². The van der Waals surface area contributed by atoms with Crippen LogP contribution in [0.5, 0.6) is 0 Å². The van der Waals surface area contributed by atoms with Gasteiger partial charge in [-0.05, 0) is 24.3 Å². The van der Waals surface area contributed by atoms with E-state index < -0.39 is 11.8 Å². The number of anilines is 3. The molecular weight excluding hydrogens is 464 g/mol. The van der Waals surface area contributed by atoms with Crippen molar-refractivity contribution in [2.45, 2.75) is 6.42 Å². The van der Waals surface area contributed by atoms with Gasteiger partial charge in [0, 0.05) is 11.3 Å². The molecule has 0 unspecified atom stereocenters. The van der Waals surface area contributed by atoms with Gasteiger partial charge in [0.05, 0.1) is 17.7 Å². The molecule has 0 fully saturated rings. The number of hydrogen-bond acceptors (Lipinski definition) is 8. The Morgan fingerprint density at radius 3 is 2.26 bits per heavy atom. The lowest BCUT2D eigenvalue weighted by molar-refractivity contribution is -0.110. The zero-order chi connectivity index (χ0) is 24.5. The number of hydrazone groups is 1. The first kappa shape index (κ1) is 23.5. The molecule has 4 aromatic rings. The standard InChI is InChI=1S/C25H20N6O3S/c32-22(17-9-3-1-4-10-17)15-21(24(34)28-25-31-26-16-35-25)29-30-23(33)19-13-7-8-14-20(19)27-18-11-5-2-6-12-18/h1-14,16,27H,15H2,(H,30,33)(H,28,31,34). The third-order valence-corrected chi connectivity index (χ3v) is 5.39. The Bertz CT molecular complexity index is 1340. The largest absolute Gasteiger partial charge is 0.355 e. The van der Waals surface area contributed by atoms with Gasteiger partial charge < -0.3 is 5.32 Å². The van der Waals surface area contributed by atoms with Gasteiger partial charge in [0.1, 0.15) is 11.2 Å². The molecule has 1 aromatic heterocycles. The number of para-hydroxylation sites is 2. The number of benzene rings is 3. The van der Waals surface area contributed by atoms with Crippen LogP contribution in [0.3, 0.4) is 0 Å². The number of amides is 2. The molecule has 10 heteroatoms. The number of rotatable bonds is 9. The third kappa shape index (κ3) is 6.42. The Morgan fingerprint density at radius 2 is 1.54 bits per heavy atom. The van der Waals surface area contributed by atoms with Crippen LogP contribution < -0.4 is 16.1 Å². The van der Waals surface area contributed by atoms with Crippen LogP contribution in [-0.2, 0) is 4.79 Å². The SMILES string of the molecule is O=C(Nc1nncs1)C(CC(=O)c1ccccc1)=NNC(=O)c1ccccc1Nc1ccccc1. The molecule has 4 rings (SSSR count). The molecule has 0 saturated carbocycles. The number of carbonyl (C=O) groups is 3. The summed E-state index contributed by atoms with van der Waals surface area (Å²) in [5.41, 5.74) is 5.80. The smallest absolute Gasteiger partial charge is 0.274 e. The highest BCUT2D eigenvalue weighted by atomic mass is 32.1. The van der Waals surface area contributed by atoms with Crippen molar-refractivity contribution in [1.29, 1.82) is 0 Å². The van der Waals surface area contributed by atoms with E-state index in [0.29, 0.717) is 16.8 Å². The molecule has 0 atom stereocenters. The Kier molecular flexibility index (Phi) is 7.66. The van der Waals surface area contributed by atoms with Crippen LogP contribution in [0.1, 0.15) is 27.1 Å². The molecule has 0 spiro atoms. The molecule has 0 bridgehead atoms. The van der Waals surface area contributed by atoms with E-state index in [4.69, 9.17) is 0 Å². The quantitative estimate of drug-likeness (QED) is 0.185. The van der Waals surface area contributed by atoms with Gasteiger partial charge in [-0.25, -0.2) is 5.43 Å². The average molecular weight is 485 g/mol. The zero-order valence-corrected chi connectivity index (χ0v) is 19.2. The van der Waals surface area contributed by atoms with E-state index in [2.05, 4.69) is 31.4 Å². The van der Waals surface area contributed by atoms with E-state index in [1.54, 1.807) is 54.6 Å². The minimum atomic E-state index is -0.665. The maximum absolute atomic E-state index is 13.0. The van der Waals surface area contributed by atoms with E-state index in [-0.39, 0.29) is 23.0 Å². The Hall–Kier alpha value is -4.70.